The summed E-state index contributed by atoms with van der Waals surface area (Å²) < 4.78 is 0.670. The maximum atomic E-state index is 10.5. The average molecular weight is 254 g/mol. The number of nitro benzene ring substituents is 1. The van der Waals surface area contributed by atoms with Crippen molar-refractivity contribution in [3.05, 3.63) is 38.3 Å². The lowest BCUT2D eigenvalue weighted by Crippen LogP contribution is -1.93. The van der Waals surface area contributed by atoms with E-state index in [4.69, 9.17) is 6.42 Å². The van der Waals surface area contributed by atoms with Crippen LogP contribution in [0.25, 0.3) is 0 Å². The highest BCUT2D eigenvalue weighted by Gasteiger charge is 2.11. The van der Waals surface area contributed by atoms with E-state index < -0.39 is 4.92 Å². The van der Waals surface area contributed by atoms with Crippen molar-refractivity contribution in [2.24, 2.45) is 0 Å². The highest BCUT2D eigenvalue weighted by molar-refractivity contribution is 9.10. The van der Waals surface area contributed by atoms with Crippen molar-refractivity contribution < 1.29 is 4.92 Å². The van der Waals surface area contributed by atoms with Gasteiger partial charge in [-0.05, 0) is 18.6 Å². The summed E-state index contributed by atoms with van der Waals surface area (Å²) in [7, 11) is 0. The van der Waals surface area contributed by atoms with Gasteiger partial charge >= 0.3 is 0 Å². The summed E-state index contributed by atoms with van der Waals surface area (Å²) in [4.78, 5) is 10.1. The van der Waals surface area contributed by atoms with Gasteiger partial charge in [0.25, 0.3) is 5.69 Å². The van der Waals surface area contributed by atoms with E-state index in [0.29, 0.717) is 4.47 Å². The van der Waals surface area contributed by atoms with Gasteiger partial charge in [-0.2, -0.15) is 0 Å². The Hall–Kier alpha value is -1.34. The van der Waals surface area contributed by atoms with Gasteiger partial charge < -0.3 is 0 Å². The first-order valence-electron chi connectivity index (χ1n) is 3.95. The molecule has 4 heteroatoms. The second-order valence-electron chi connectivity index (χ2n) is 2.89. The number of non-ortho nitro benzene ring substituents is 1. The van der Waals surface area contributed by atoms with Crippen molar-refractivity contribution in [3.63, 3.8) is 0 Å². The van der Waals surface area contributed by atoms with Gasteiger partial charge in [-0.1, -0.05) is 21.9 Å². The Bertz CT molecular complexity index is 409. The molecule has 0 radical (unpaired) electrons. The summed E-state index contributed by atoms with van der Waals surface area (Å²) in [6.07, 6.45) is 5.25. The highest BCUT2D eigenvalue weighted by atomic mass is 79.9. The molecule has 14 heavy (non-hydrogen) atoms. The summed E-state index contributed by atoms with van der Waals surface area (Å²) >= 11 is 3.21. The Morgan fingerprint density at radius 2 is 2.21 bits per heavy atom. The van der Waals surface area contributed by atoms with Crippen LogP contribution < -0.4 is 0 Å². The van der Waals surface area contributed by atoms with E-state index in [1.165, 1.54) is 12.1 Å². The molecule has 1 rings (SSSR count). The Morgan fingerprint density at radius 3 is 2.71 bits per heavy atom. The molecule has 0 N–H and O–H groups in total. The predicted molar refractivity (Wildman–Crippen MR) is 58.0 cm³/mol. The minimum atomic E-state index is -0.433. The van der Waals surface area contributed by atoms with Crippen molar-refractivity contribution in [1.29, 1.82) is 0 Å². The quantitative estimate of drug-likeness (QED) is 0.462. The Kier molecular flexibility index (Phi) is 3.26. The first-order chi connectivity index (χ1) is 6.54. The predicted octanol–water partition coefficient (Wildman–Crippen LogP) is 3.09. The van der Waals surface area contributed by atoms with Gasteiger partial charge in [0.05, 0.1) is 4.92 Å². The fourth-order valence-electron chi connectivity index (χ4n) is 1.05. The number of benzene rings is 1. The van der Waals surface area contributed by atoms with Crippen LogP contribution in [0.15, 0.2) is 22.7 Å². The number of rotatable bonds is 2. The van der Waals surface area contributed by atoms with Gasteiger partial charge in [-0.15, -0.1) is 6.42 Å². The minimum Gasteiger partial charge on any atom is -0.258 e. The fraction of sp³-hybridized carbons (Fsp3) is 0.200. The van der Waals surface area contributed by atoms with Crippen LogP contribution in [-0.2, 0) is 0 Å². The van der Waals surface area contributed by atoms with E-state index in [9.17, 15) is 10.1 Å². The molecule has 0 amide bonds. The monoisotopic (exact) mass is 253 g/mol. The van der Waals surface area contributed by atoms with Gasteiger partial charge in [0.15, 0.2) is 0 Å². The zero-order valence-electron chi connectivity index (χ0n) is 7.53. The molecular formula is C10H8BrNO2. The van der Waals surface area contributed by atoms with Crippen LogP contribution in [0.5, 0.6) is 0 Å². The van der Waals surface area contributed by atoms with E-state index in [-0.39, 0.29) is 11.6 Å². The largest absolute Gasteiger partial charge is 0.270 e. The number of terminal acetylenes is 1. The van der Waals surface area contributed by atoms with Crippen LogP contribution in [-0.4, -0.2) is 4.92 Å². The number of hydrogen-bond acceptors (Lipinski definition) is 2. The van der Waals surface area contributed by atoms with Crippen molar-refractivity contribution >= 4 is 21.6 Å². The van der Waals surface area contributed by atoms with Crippen LogP contribution in [0.4, 0.5) is 5.69 Å². The summed E-state index contributed by atoms with van der Waals surface area (Å²) in [5.41, 5.74) is 0.824. The molecular weight excluding hydrogens is 246 g/mol. The highest BCUT2D eigenvalue weighted by Crippen LogP contribution is 2.25. The molecule has 0 saturated carbocycles. The zero-order valence-corrected chi connectivity index (χ0v) is 9.11. The lowest BCUT2D eigenvalue weighted by Gasteiger charge is -2.04. The average Bonchev–Trinajstić information content (AvgIpc) is 2.15. The van der Waals surface area contributed by atoms with E-state index >= 15 is 0 Å². The molecule has 0 aliphatic rings. The lowest BCUT2D eigenvalue weighted by molar-refractivity contribution is -0.385. The van der Waals surface area contributed by atoms with E-state index in [1.807, 2.05) is 6.92 Å². The number of nitrogens with zero attached hydrogens (tertiary/aromatic N) is 1. The summed E-state index contributed by atoms with van der Waals surface area (Å²) in [6, 6.07) is 4.74. The molecule has 0 spiro atoms. The topological polar surface area (TPSA) is 43.1 Å². The molecule has 0 saturated heterocycles. The third-order valence-electron chi connectivity index (χ3n) is 1.87. The first kappa shape index (κ1) is 10.7. The second kappa shape index (κ2) is 4.25. The van der Waals surface area contributed by atoms with E-state index in [2.05, 4.69) is 21.9 Å². The number of hydrogen-bond donors (Lipinski definition) is 0. The Labute approximate surface area is 90.4 Å². The Balaban J connectivity index is 3.21. The molecule has 1 aromatic carbocycles. The van der Waals surface area contributed by atoms with Gasteiger partial charge in [-0.25, -0.2) is 0 Å². The standard InChI is InChI=1S/C10H8BrNO2/c1-3-7(2)8-4-9(11)6-10(5-8)12(13)14/h1,4-7H,2H3. The Morgan fingerprint density at radius 1 is 1.57 bits per heavy atom. The van der Waals surface area contributed by atoms with Crippen LogP contribution in [0.2, 0.25) is 0 Å². The van der Waals surface area contributed by atoms with Gasteiger partial charge in [0, 0.05) is 22.5 Å². The van der Waals surface area contributed by atoms with E-state index in [1.54, 1.807) is 6.07 Å². The van der Waals surface area contributed by atoms with Crippen molar-refractivity contribution in [3.8, 4) is 12.3 Å². The summed E-state index contributed by atoms with van der Waals surface area (Å²) in [5, 5.41) is 10.5. The lowest BCUT2D eigenvalue weighted by atomic mass is 10.0. The number of halogens is 1. The maximum Gasteiger partial charge on any atom is 0.270 e. The summed E-state index contributed by atoms with van der Waals surface area (Å²) in [6.45, 7) is 1.82. The second-order valence-corrected chi connectivity index (χ2v) is 3.80. The molecule has 0 aromatic heterocycles. The van der Waals surface area contributed by atoms with Crippen molar-refractivity contribution in [1.82, 2.24) is 0 Å². The normalized spacial score (nSPS) is 11.8. The molecule has 0 bridgehead atoms. The molecule has 0 aliphatic heterocycles. The van der Waals surface area contributed by atoms with Crippen LogP contribution in [0, 0.1) is 22.5 Å². The van der Waals surface area contributed by atoms with Crippen molar-refractivity contribution in [2.45, 2.75) is 12.8 Å². The van der Waals surface area contributed by atoms with Crippen LogP contribution >= 0.6 is 15.9 Å². The molecule has 0 heterocycles. The van der Waals surface area contributed by atoms with E-state index in [0.717, 1.165) is 5.56 Å². The zero-order chi connectivity index (χ0) is 10.7. The molecule has 1 atom stereocenters. The molecule has 72 valence electrons. The fourth-order valence-corrected chi connectivity index (χ4v) is 1.55. The van der Waals surface area contributed by atoms with Crippen LogP contribution in [0.3, 0.4) is 0 Å². The molecule has 0 aliphatic carbocycles. The third kappa shape index (κ3) is 2.33. The SMILES string of the molecule is C#CC(C)c1cc(Br)cc([N+](=O)[O-])c1. The number of nitro groups is 1. The third-order valence-corrected chi connectivity index (χ3v) is 2.32. The molecule has 1 aromatic rings. The smallest absolute Gasteiger partial charge is 0.258 e. The van der Waals surface area contributed by atoms with Crippen LogP contribution in [0.1, 0.15) is 18.4 Å². The van der Waals surface area contributed by atoms with Gasteiger partial charge in [-0.3, -0.25) is 10.1 Å². The molecule has 0 fully saturated rings. The van der Waals surface area contributed by atoms with Crippen molar-refractivity contribution in [2.75, 3.05) is 0 Å². The van der Waals surface area contributed by atoms with Gasteiger partial charge in [0.2, 0.25) is 0 Å². The van der Waals surface area contributed by atoms with Gasteiger partial charge in [0.1, 0.15) is 0 Å². The molecule has 3 nitrogen and oxygen atoms in total. The first-order valence-corrected chi connectivity index (χ1v) is 4.75. The molecule has 1 unspecified atom stereocenters. The minimum absolute atomic E-state index is 0.0523. The maximum absolute atomic E-state index is 10.5. The summed E-state index contributed by atoms with van der Waals surface area (Å²) in [5.74, 6) is 2.41.